The molecule has 0 amide bonds. The van der Waals surface area contributed by atoms with Crippen LogP contribution in [0.1, 0.15) is 206 Å². The van der Waals surface area contributed by atoms with E-state index in [1.807, 2.05) is 0 Å². The van der Waals surface area contributed by atoms with Crippen LogP contribution in [-0.2, 0) is 28.5 Å². The molecule has 0 aromatic heterocycles. The highest BCUT2D eigenvalue weighted by Crippen LogP contribution is 2.23. The standard InChI is InChI=1S/C45H84O10/c1-3-5-7-9-11-13-15-17-19-21-23-25-27-29-31-33-40(47)52-36-38(37-53-45-44(51)43(50)42(49)39(35-46)55-45)54-41(48)34-32-30-28-26-24-22-20-18-16-14-12-10-8-6-4-2/h17,19,38-39,42-46,49-51H,3-16,18,20-37H2,1-2H3/b19-17+/t38-,39-,42+,43?,44?,45-/m0/s1. The van der Waals surface area contributed by atoms with Crippen molar-refractivity contribution in [1.29, 1.82) is 0 Å². The number of hydrogen-bond acceptors (Lipinski definition) is 10. The normalized spacial score (nSPS) is 20.6. The molecule has 1 saturated heterocycles. The molecule has 0 radical (unpaired) electrons. The lowest BCUT2D eigenvalue weighted by Gasteiger charge is -2.39. The molecule has 1 fully saturated rings. The summed E-state index contributed by atoms with van der Waals surface area (Å²) < 4.78 is 22.2. The fourth-order valence-electron chi connectivity index (χ4n) is 7.01. The summed E-state index contributed by atoms with van der Waals surface area (Å²) in [5.74, 6) is -0.806. The van der Waals surface area contributed by atoms with Crippen molar-refractivity contribution in [3.05, 3.63) is 12.2 Å². The summed E-state index contributed by atoms with van der Waals surface area (Å²) in [5.41, 5.74) is 0. The van der Waals surface area contributed by atoms with Crippen LogP contribution in [0, 0.1) is 0 Å². The van der Waals surface area contributed by atoms with Gasteiger partial charge in [0, 0.05) is 12.8 Å². The number of carbonyl (C=O) groups excluding carboxylic acids is 2. The van der Waals surface area contributed by atoms with Crippen LogP contribution in [0.3, 0.4) is 0 Å². The Bertz CT molecular complexity index is 912. The van der Waals surface area contributed by atoms with Gasteiger partial charge in [-0.05, 0) is 38.5 Å². The van der Waals surface area contributed by atoms with E-state index >= 15 is 0 Å². The van der Waals surface area contributed by atoms with Crippen molar-refractivity contribution < 1.29 is 49.0 Å². The van der Waals surface area contributed by atoms with E-state index in [4.69, 9.17) is 18.9 Å². The summed E-state index contributed by atoms with van der Waals surface area (Å²) in [4.78, 5) is 25.3. The summed E-state index contributed by atoms with van der Waals surface area (Å²) >= 11 is 0. The lowest BCUT2D eigenvalue weighted by Crippen LogP contribution is -2.59. The number of hydrogen-bond donors (Lipinski definition) is 4. The minimum absolute atomic E-state index is 0.216. The number of carbonyl (C=O) groups is 2. The van der Waals surface area contributed by atoms with Crippen LogP contribution < -0.4 is 0 Å². The first-order valence-corrected chi connectivity index (χ1v) is 22.8. The van der Waals surface area contributed by atoms with Crippen molar-refractivity contribution >= 4 is 11.9 Å². The second-order valence-electron chi connectivity index (χ2n) is 15.9. The van der Waals surface area contributed by atoms with Gasteiger partial charge in [-0.3, -0.25) is 9.59 Å². The molecule has 10 heteroatoms. The van der Waals surface area contributed by atoms with Crippen LogP contribution in [0.4, 0.5) is 0 Å². The monoisotopic (exact) mass is 785 g/mol. The van der Waals surface area contributed by atoms with Gasteiger partial charge in [0.1, 0.15) is 31.0 Å². The van der Waals surface area contributed by atoms with Crippen LogP contribution in [0.25, 0.3) is 0 Å². The highest BCUT2D eigenvalue weighted by molar-refractivity contribution is 5.70. The number of esters is 2. The van der Waals surface area contributed by atoms with Crippen LogP contribution in [0.2, 0.25) is 0 Å². The van der Waals surface area contributed by atoms with Crippen LogP contribution in [-0.4, -0.2) is 89.0 Å². The molecule has 0 saturated carbocycles. The summed E-state index contributed by atoms with van der Waals surface area (Å²) in [6, 6.07) is 0. The Labute approximate surface area is 335 Å². The smallest absolute Gasteiger partial charge is 0.306 e. The van der Waals surface area contributed by atoms with Gasteiger partial charge in [0.15, 0.2) is 12.4 Å². The Morgan fingerprint density at radius 2 is 0.964 bits per heavy atom. The Balaban J connectivity index is 2.32. The first kappa shape index (κ1) is 51.5. The van der Waals surface area contributed by atoms with Crippen molar-refractivity contribution in [2.24, 2.45) is 0 Å². The average molecular weight is 785 g/mol. The van der Waals surface area contributed by atoms with Gasteiger partial charge in [-0.1, -0.05) is 167 Å². The zero-order chi connectivity index (χ0) is 40.2. The highest BCUT2D eigenvalue weighted by atomic mass is 16.7. The van der Waals surface area contributed by atoms with E-state index < -0.39 is 49.4 Å². The first-order valence-electron chi connectivity index (χ1n) is 22.8. The lowest BCUT2D eigenvalue weighted by molar-refractivity contribution is -0.305. The molecule has 2 unspecified atom stereocenters. The average Bonchev–Trinajstić information content (AvgIpc) is 3.18. The van der Waals surface area contributed by atoms with E-state index in [2.05, 4.69) is 26.0 Å². The van der Waals surface area contributed by atoms with Crippen molar-refractivity contribution in [3.63, 3.8) is 0 Å². The Morgan fingerprint density at radius 1 is 0.545 bits per heavy atom. The predicted octanol–water partition coefficient (Wildman–Crippen LogP) is 9.56. The maximum atomic E-state index is 12.8. The summed E-state index contributed by atoms with van der Waals surface area (Å²) in [6.07, 6.45) is 30.7. The van der Waals surface area contributed by atoms with E-state index in [0.717, 1.165) is 57.8 Å². The third-order valence-electron chi connectivity index (χ3n) is 10.7. The molecule has 6 atom stereocenters. The lowest BCUT2D eigenvalue weighted by atomic mass is 9.99. The van der Waals surface area contributed by atoms with Gasteiger partial charge in [0.05, 0.1) is 13.2 Å². The molecule has 0 aromatic rings. The largest absolute Gasteiger partial charge is 0.462 e. The van der Waals surface area contributed by atoms with Gasteiger partial charge in [-0.15, -0.1) is 0 Å². The Kier molecular flexibility index (Phi) is 34.4. The number of aliphatic hydroxyl groups is 4. The van der Waals surface area contributed by atoms with Crippen molar-refractivity contribution in [2.45, 2.75) is 243 Å². The molecule has 1 aliphatic rings. The number of allylic oxidation sites excluding steroid dienone is 2. The van der Waals surface area contributed by atoms with Crippen LogP contribution in [0.5, 0.6) is 0 Å². The molecule has 55 heavy (non-hydrogen) atoms. The summed E-state index contributed by atoms with van der Waals surface area (Å²) in [5, 5.41) is 40.1. The second-order valence-corrected chi connectivity index (χ2v) is 15.9. The van der Waals surface area contributed by atoms with Crippen molar-refractivity contribution in [1.82, 2.24) is 0 Å². The van der Waals surface area contributed by atoms with E-state index in [0.29, 0.717) is 6.42 Å². The highest BCUT2D eigenvalue weighted by Gasteiger charge is 2.44. The van der Waals surface area contributed by atoms with Gasteiger partial charge in [-0.25, -0.2) is 0 Å². The number of ether oxygens (including phenoxy) is 4. The predicted molar refractivity (Wildman–Crippen MR) is 220 cm³/mol. The van der Waals surface area contributed by atoms with Gasteiger partial charge < -0.3 is 39.4 Å². The molecular weight excluding hydrogens is 700 g/mol. The van der Waals surface area contributed by atoms with Crippen molar-refractivity contribution in [3.8, 4) is 0 Å². The molecule has 324 valence electrons. The fourth-order valence-corrected chi connectivity index (χ4v) is 7.01. The molecule has 0 bridgehead atoms. The number of rotatable bonds is 38. The fraction of sp³-hybridized carbons (Fsp3) is 0.911. The van der Waals surface area contributed by atoms with E-state index in [1.54, 1.807) is 0 Å². The molecule has 0 aliphatic carbocycles. The topological polar surface area (TPSA) is 152 Å². The van der Waals surface area contributed by atoms with Gasteiger partial charge in [-0.2, -0.15) is 0 Å². The Morgan fingerprint density at radius 3 is 1.42 bits per heavy atom. The van der Waals surface area contributed by atoms with Crippen LogP contribution >= 0.6 is 0 Å². The van der Waals surface area contributed by atoms with E-state index in [1.165, 1.54) is 116 Å². The zero-order valence-electron chi connectivity index (χ0n) is 35.2. The van der Waals surface area contributed by atoms with Crippen LogP contribution in [0.15, 0.2) is 12.2 Å². The SMILES string of the molecule is CCCCCCCC/C=C/CCCCCCCC(=O)OC[C@@H](CO[C@H]1O[C@@H](CO)[C@@H](O)C(O)C1O)OC(=O)CCCCCCCCCCCCCCCCC. The van der Waals surface area contributed by atoms with Gasteiger partial charge >= 0.3 is 11.9 Å². The maximum Gasteiger partial charge on any atom is 0.306 e. The van der Waals surface area contributed by atoms with Gasteiger partial charge in [0.25, 0.3) is 0 Å². The molecule has 1 rings (SSSR count). The zero-order valence-corrected chi connectivity index (χ0v) is 35.2. The third-order valence-corrected chi connectivity index (χ3v) is 10.7. The Hall–Kier alpha value is -1.56. The molecule has 1 heterocycles. The molecule has 4 N–H and O–H groups in total. The summed E-state index contributed by atoms with van der Waals surface area (Å²) in [6.45, 7) is 3.43. The van der Waals surface area contributed by atoms with Gasteiger partial charge in [0.2, 0.25) is 0 Å². The van der Waals surface area contributed by atoms with E-state index in [9.17, 15) is 30.0 Å². The minimum Gasteiger partial charge on any atom is -0.462 e. The molecular formula is C45H84O10. The first-order chi connectivity index (χ1) is 26.8. The maximum absolute atomic E-state index is 12.8. The number of unbranched alkanes of at least 4 members (excludes halogenated alkanes) is 25. The molecule has 1 aliphatic heterocycles. The minimum atomic E-state index is -1.59. The van der Waals surface area contributed by atoms with E-state index in [-0.39, 0.29) is 32.0 Å². The summed E-state index contributed by atoms with van der Waals surface area (Å²) in [7, 11) is 0. The number of aliphatic hydroxyl groups excluding tert-OH is 4. The molecule has 10 nitrogen and oxygen atoms in total. The third kappa shape index (κ3) is 28.5. The molecule has 0 spiro atoms. The molecule has 0 aromatic carbocycles. The van der Waals surface area contributed by atoms with Crippen molar-refractivity contribution in [2.75, 3.05) is 19.8 Å². The quantitative estimate of drug-likeness (QED) is 0.0271. The second kappa shape index (κ2) is 36.8.